The Hall–Kier alpha value is -3.69. The molecule has 0 amide bonds. The zero-order valence-electron chi connectivity index (χ0n) is 16.4. The van der Waals surface area contributed by atoms with Crippen molar-refractivity contribution in [3.8, 4) is 11.1 Å². The normalized spacial score (nSPS) is 16.0. The Bertz CT molecular complexity index is 1120. The van der Waals surface area contributed by atoms with Crippen LogP contribution in [0, 0.1) is 6.92 Å². The van der Waals surface area contributed by atoms with Gasteiger partial charge in [0.1, 0.15) is 17.6 Å². The van der Waals surface area contributed by atoms with E-state index >= 15 is 0 Å². The van der Waals surface area contributed by atoms with Crippen LogP contribution in [-0.4, -0.2) is 38.6 Å². The molecule has 0 spiro atoms. The Morgan fingerprint density at radius 1 is 1.16 bits per heavy atom. The number of benzene rings is 1. The lowest BCUT2D eigenvalue weighted by Gasteiger charge is -2.38. The van der Waals surface area contributed by atoms with Gasteiger partial charge in [-0.1, -0.05) is 6.07 Å². The largest absolute Gasteiger partial charge is 0.480 e. The molecule has 31 heavy (non-hydrogen) atoms. The topological polar surface area (TPSA) is 91.2 Å². The van der Waals surface area contributed by atoms with Gasteiger partial charge in [-0.15, -0.1) is 0 Å². The molecule has 4 rings (SSSR count). The summed E-state index contributed by atoms with van der Waals surface area (Å²) in [5, 5.41) is 12.0. The second kappa shape index (κ2) is 7.86. The first-order valence-corrected chi connectivity index (χ1v) is 9.45. The van der Waals surface area contributed by atoms with Gasteiger partial charge in [-0.05, 0) is 54.8 Å². The molecule has 1 aliphatic heterocycles. The number of halogens is 3. The van der Waals surface area contributed by atoms with Gasteiger partial charge >= 0.3 is 12.1 Å². The SMILES string of the molecule is Cc1cc(Nc2nccc(C(F)(F)F)n2)cc(-c2ccc(N3CCC3C(=O)O)nc2)c1. The van der Waals surface area contributed by atoms with Crippen molar-refractivity contribution in [2.24, 2.45) is 0 Å². The minimum atomic E-state index is -4.55. The highest BCUT2D eigenvalue weighted by molar-refractivity contribution is 5.80. The molecule has 3 aromatic rings. The maximum Gasteiger partial charge on any atom is 0.433 e. The van der Waals surface area contributed by atoms with Crippen molar-refractivity contribution in [3.63, 3.8) is 0 Å². The monoisotopic (exact) mass is 429 g/mol. The summed E-state index contributed by atoms with van der Waals surface area (Å²) in [7, 11) is 0. The van der Waals surface area contributed by atoms with E-state index in [1.54, 1.807) is 29.3 Å². The van der Waals surface area contributed by atoms with E-state index in [0.29, 0.717) is 24.5 Å². The number of carbonyl (C=O) groups is 1. The maximum absolute atomic E-state index is 12.9. The highest BCUT2D eigenvalue weighted by Crippen LogP contribution is 2.31. The zero-order valence-corrected chi connectivity index (χ0v) is 16.4. The van der Waals surface area contributed by atoms with Crippen LogP contribution < -0.4 is 10.2 Å². The van der Waals surface area contributed by atoms with Gasteiger partial charge in [0.15, 0.2) is 0 Å². The summed E-state index contributed by atoms with van der Waals surface area (Å²) in [6.07, 6.45) is -1.27. The molecule has 160 valence electrons. The number of anilines is 3. The van der Waals surface area contributed by atoms with Gasteiger partial charge in [0.2, 0.25) is 5.95 Å². The van der Waals surface area contributed by atoms with E-state index in [-0.39, 0.29) is 5.95 Å². The van der Waals surface area contributed by atoms with Gasteiger partial charge < -0.3 is 15.3 Å². The molecule has 1 unspecified atom stereocenters. The number of nitrogens with one attached hydrogen (secondary N) is 1. The van der Waals surface area contributed by atoms with Crippen molar-refractivity contribution in [2.45, 2.75) is 25.6 Å². The molecule has 7 nitrogen and oxygen atoms in total. The highest BCUT2D eigenvalue weighted by atomic mass is 19.4. The number of rotatable bonds is 5. The summed E-state index contributed by atoms with van der Waals surface area (Å²) in [5.41, 5.74) is 1.97. The molecule has 0 radical (unpaired) electrons. The van der Waals surface area contributed by atoms with E-state index in [1.165, 1.54) is 0 Å². The Kier molecular flexibility index (Phi) is 5.22. The van der Waals surface area contributed by atoms with E-state index in [9.17, 15) is 23.1 Å². The third-order valence-electron chi connectivity index (χ3n) is 4.96. The zero-order chi connectivity index (χ0) is 22.2. The number of nitrogens with zero attached hydrogens (tertiary/aromatic N) is 4. The van der Waals surface area contributed by atoms with Crippen molar-refractivity contribution in [3.05, 3.63) is 60.0 Å². The second-order valence-corrected chi connectivity index (χ2v) is 7.22. The lowest BCUT2D eigenvalue weighted by Crippen LogP contribution is -2.52. The van der Waals surface area contributed by atoms with Crippen LogP contribution in [0.3, 0.4) is 0 Å². The van der Waals surface area contributed by atoms with E-state index in [1.807, 2.05) is 19.1 Å². The standard InChI is InChI=1S/C21H18F3N5O2/c1-12-8-14(13-2-3-18(26-11-13)29-7-5-16(29)19(30)31)10-15(9-12)27-20-25-6-4-17(28-20)21(22,23)24/h2-4,6,8-11,16H,5,7H2,1H3,(H,30,31)(H,25,27,28). The van der Waals surface area contributed by atoms with Crippen LogP contribution in [0.1, 0.15) is 17.7 Å². The lowest BCUT2D eigenvalue weighted by atomic mass is 10.0. The number of pyridine rings is 1. The van der Waals surface area contributed by atoms with Crippen molar-refractivity contribution in [1.29, 1.82) is 0 Å². The molecule has 1 saturated heterocycles. The van der Waals surface area contributed by atoms with Crippen LogP contribution in [0.15, 0.2) is 48.8 Å². The number of carboxylic acids is 1. The third-order valence-corrected chi connectivity index (χ3v) is 4.96. The molecule has 0 saturated carbocycles. The first-order valence-electron chi connectivity index (χ1n) is 9.45. The van der Waals surface area contributed by atoms with Crippen molar-refractivity contribution < 1.29 is 23.1 Å². The fourth-order valence-corrected chi connectivity index (χ4v) is 3.37. The number of aromatic nitrogens is 3. The smallest absolute Gasteiger partial charge is 0.433 e. The van der Waals surface area contributed by atoms with Gasteiger partial charge in [-0.2, -0.15) is 13.2 Å². The highest BCUT2D eigenvalue weighted by Gasteiger charge is 2.35. The summed E-state index contributed by atoms with van der Waals surface area (Å²) < 4.78 is 38.6. The maximum atomic E-state index is 12.9. The second-order valence-electron chi connectivity index (χ2n) is 7.22. The van der Waals surface area contributed by atoms with Crippen molar-refractivity contribution >= 4 is 23.4 Å². The Morgan fingerprint density at radius 3 is 2.58 bits per heavy atom. The van der Waals surface area contributed by atoms with Crippen LogP contribution in [0.2, 0.25) is 0 Å². The molecule has 2 aromatic heterocycles. The van der Waals surface area contributed by atoms with Crippen LogP contribution in [0.25, 0.3) is 11.1 Å². The molecule has 2 N–H and O–H groups in total. The fraction of sp³-hybridized carbons (Fsp3) is 0.238. The summed E-state index contributed by atoms with van der Waals surface area (Å²) in [6.45, 7) is 2.50. The number of hydrogen-bond donors (Lipinski definition) is 2. The predicted molar refractivity (Wildman–Crippen MR) is 108 cm³/mol. The molecular formula is C21H18F3N5O2. The van der Waals surface area contributed by atoms with Crippen molar-refractivity contribution in [2.75, 3.05) is 16.8 Å². The fourth-order valence-electron chi connectivity index (χ4n) is 3.37. The number of aryl methyl sites for hydroxylation is 1. The Labute approximate surface area is 175 Å². The summed E-state index contributed by atoms with van der Waals surface area (Å²) in [5.74, 6) is -0.438. The molecule has 1 aromatic carbocycles. The van der Waals surface area contributed by atoms with Gasteiger partial charge in [0.25, 0.3) is 0 Å². The van der Waals surface area contributed by atoms with Gasteiger partial charge in [-0.3, -0.25) is 0 Å². The van der Waals surface area contributed by atoms with Gasteiger partial charge in [0.05, 0.1) is 0 Å². The van der Waals surface area contributed by atoms with Crippen LogP contribution in [-0.2, 0) is 11.0 Å². The molecule has 1 aliphatic rings. The third kappa shape index (κ3) is 4.42. The average molecular weight is 429 g/mol. The number of alkyl halides is 3. The molecular weight excluding hydrogens is 411 g/mol. The average Bonchev–Trinajstić information content (AvgIpc) is 2.66. The van der Waals surface area contributed by atoms with E-state index in [2.05, 4.69) is 20.3 Å². The van der Waals surface area contributed by atoms with Crippen molar-refractivity contribution in [1.82, 2.24) is 15.0 Å². The number of aliphatic carboxylic acids is 1. The predicted octanol–water partition coefficient (Wildman–Crippen LogP) is 4.27. The summed E-state index contributed by atoms with van der Waals surface area (Å²) in [4.78, 5) is 24.7. The quantitative estimate of drug-likeness (QED) is 0.626. The minimum absolute atomic E-state index is 0.155. The lowest BCUT2D eigenvalue weighted by molar-refractivity contribution is -0.141. The minimum Gasteiger partial charge on any atom is -0.480 e. The molecule has 0 bridgehead atoms. The van der Waals surface area contributed by atoms with Gasteiger partial charge in [-0.25, -0.2) is 19.7 Å². The van der Waals surface area contributed by atoms with E-state index in [0.717, 1.165) is 29.0 Å². The molecule has 3 heterocycles. The van der Waals surface area contributed by atoms with Crippen LogP contribution in [0.4, 0.5) is 30.6 Å². The number of carboxylic acid groups (broad SMARTS) is 1. The van der Waals surface area contributed by atoms with Crippen LogP contribution >= 0.6 is 0 Å². The molecule has 1 atom stereocenters. The summed E-state index contributed by atoms with van der Waals surface area (Å²) >= 11 is 0. The Balaban J connectivity index is 1.56. The first kappa shape index (κ1) is 20.6. The molecule has 1 fully saturated rings. The Morgan fingerprint density at radius 2 is 1.97 bits per heavy atom. The van der Waals surface area contributed by atoms with Gasteiger partial charge in [0, 0.05) is 30.2 Å². The molecule has 0 aliphatic carbocycles. The van der Waals surface area contributed by atoms with Crippen LogP contribution in [0.5, 0.6) is 0 Å². The molecule has 10 heteroatoms. The first-order chi connectivity index (χ1) is 14.7. The van der Waals surface area contributed by atoms with E-state index < -0.39 is 23.9 Å². The summed E-state index contributed by atoms with van der Waals surface area (Å²) in [6, 6.07) is 9.30. The van der Waals surface area contributed by atoms with E-state index in [4.69, 9.17) is 0 Å². The number of hydrogen-bond acceptors (Lipinski definition) is 6.